The normalized spacial score (nSPS) is 17.5. The van der Waals surface area contributed by atoms with Gasteiger partial charge in [0.2, 0.25) is 5.91 Å². The Labute approximate surface area is 140 Å². The van der Waals surface area contributed by atoms with Gasteiger partial charge in [-0.05, 0) is 48.1 Å². The number of thiophene rings is 1. The maximum absolute atomic E-state index is 11.5. The van der Waals surface area contributed by atoms with Gasteiger partial charge in [0, 0.05) is 20.5 Å². The molecule has 2 aliphatic rings. The summed E-state index contributed by atoms with van der Waals surface area (Å²) in [6.07, 6.45) is 4.12. The van der Waals surface area contributed by atoms with Gasteiger partial charge in [-0.15, -0.1) is 11.3 Å². The predicted molar refractivity (Wildman–Crippen MR) is 90.9 cm³/mol. The molecule has 4 rings (SSSR count). The number of rotatable bonds is 2. The van der Waals surface area contributed by atoms with Crippen LogP contribution >= 0.6 is 38.9 Å². The second-order valence-corrected chi connectivity index (χ2v) is 8.06. The monoisotopic (exact) mass is 381 g/mol. The van der Waals surface area contributed by atoms with Gasteiger partial charge in [0.15, 0.2) is 0 Å². The molecule has 0 radical (unpaired) electrons. The van der Waals surface area contributed by atoms with E-state index in [4.69, 9.17) is 11.6 Å². The lowest BCUT2D eigenvalue weighted by Crippen LogP contribution is -2.03. The van der Waals surface area contributed by atoms with E-state index >= 15 is 0 Å². The van der Waals surface area contributed by atoms with Gasteiger partial charge in [-0.2, -0.15) is 0 Å². The van der Waals surface area contributed by atoms with Crippen LogP contribution in [0.1, 0.15) is 37.7 Å². The van der Waals surface area contributed by atoms with Crippen LogP contribution < -0.4 is 5.32 Å². The molecule has 1 aromatic carbocycles. The first kappa shape index (κ1) is 13.8. The molecule has 0 bridgehead atoms. The zero-order chi connectivity index (χ0) is 14.6. The summed E-state index contributed by atoms with van der Waals surface area (Å²) in [6, 6.07) is 6.23. The average Bonchev–Trinajstić information content (AvgIpc) is 3.09. The van der Waals surface area contributed by atoms with E-state index in [0.29, 0.717) is 11.4 Å². The number of aryl methyl sites for hydroxylation is 2. The van der Waals surface area contributed by atoms with E-state index in [1.165, 1.54) is 34.6 Å². The van der Waals surface area contributed by atoms with Crippen LogP contribution in [0.15, 0.2) is 18.2 Å². The second-order valence-electron chi connectivity index (χ2n) is 5.57. The van der Waals surface area contributed by atoms with Crippen molar-refractivity contribution in [2.75, 3.05) is 5.32 Å². The van der Waals surface area contributed by atoms with Crippen molar-refractivity contribution in [3.63, 3.8) is 0 Å². The van der Waals surface area contributed by atoms with Gasteiger partial charge in [0.1, 0.15) is 0 Å². The Morgan fingerprint density at radius 1 is 1.24 bits per heavy atom. The van der Waals surface area contributed by atoms with Crippen LogP contribution in [0, 0.1) is 0 Å². The van der Waals surface area contributed by atoms with Crippen molar-refractivity contribution in [3.05, 3.63) is 49.7 Å². The van der Waals surface area contributed by atoms with Gasteiger partial charge in [0.25, 0.3) is 0 Å². The van der Waals surface area contributed by atoms with Gasteiger partial charge in [0.05, 0.1) is 11.2 Å². The predicted octanol–water partition coefficient (Wildman–Crippen LogP) is 4.87. The Morgan fingerprint density at radius 3 is 2.90 bits per heavy atom. The van der Waals surface area contributed by atoms with E-state index in [9.17, 15) is 4.79 Å². The summed E-state index contributed by atoms with van der Waals surface area (Å²) in [4.78, 5) is 14.4. The number of alkyl halides is 1. The van der Waals surface area contributed by atoms with Crippen LogP contribution in [-0.2, 0) is 24.1 Å². The Balaban J connectivity index is 1.72. The topological polar surface area (TPSA) is 29.1 Å². The van der Waals surface area contributed by atoms with Gasteiger partial charge >= 0.3 is 0 Å². The first-order valence-corrected chi connectivity index (χ1v) is 9.10. The Hall–Kier alpha value is -0.840. The molecule has 108 valence electrons. The lowest BCUT2D eigenvalue weighted by molar-refractivity contribution is -0.115. The minimum atomic E-state index is 0.0411. The molecule has 0 spiro atoms. The summed E-state index contributed by atoms with van der Waals surface area (Å²) in [5.74, 6) is 0.0411. The summed E-state index contributed by atoms with van der Waals surface area (Å²) in [5, 5.41) is 3.54. The Morgan fingerprint density at radius 2 is 2.10 bits per heavy atom. The van der Waals surface area contributed by atoms with Crippen LogP contribution in [0.4, 0.5) is 5.69 Å². The number of halogens is 2. The summed E-state index contributed by atoms with van der Waals surface area (Å²) >= 11 is 12.1. The fraction of sp³-hybridized carbons (Fsp3) is 0.312. The van der Waals surface area contributed by atoms with Gasteiger partial charge in [-0.25, -0.2) is 0 Å². The van der Waals surface area contributed by atoms with Crippen LogP contribution in [0.5, 0.6) is 0 Å². The molecular formula is C16H13BrClNOS. The van der Waals surface area contributed by atoms with Gasteiger partial charge in [-0.3, -0.25) is 4.79 Å². The third-order valence-electron chi connectivity index (χ3n) is 4.14. The quantitative estimate of drug-likeness (QED) is 0.738. The molecule has 5 heteroatoms. The number of hydrogen-bond donors (Lipinski definition) is 1. The van der Waals surface area contributed by atoms with Crippen molar-refractivity contribution in [1.82, 2.24) is 0 Å². The number of amides is 1. The number of carbonyl (C=O) groups excluding carboxylic acids is 1. The van der Waals surface area contributed by atoms with E-state index in [2.05, 4.69) is 33.4 Å². The SMILES string of the molecule is O=C1Cc2cc(C(Br)c3cc4c(s3)CCC4)c(Cl)cc2N1. The van der Waals surface area contributed by atoms with Crippen molar-refractivity contribution in [2.45, 2.75) is 30.5 Å². The Bertz CT molecular complexity index is 733. The Kier molecular flexibility index (Phi) is 3.36. The largest absolute Gasteiger partial charge is 0.325 e. The third-order valence-corrected chi connectivity index (χ3v) is 7.05. The smallest absolute Gasteiger partial charge is 0.228 e. The maximum Gasteiger partial charge on any atom is 0.228 e. The average molecular weight is 383 g/mol. The van der Waals surface area contributed by atoms with Crippen molar-refractivity contribution in [3.8, 4) is 0 Å². The first-order chi connectivity index (χ1) is 10.1. The van der Waals surface area contributed by atoms with Gasteiger partial charge < -0.3 is 5.32 Å². The summed E-state index contributed by atoms with van der Waals surface area (Å²) in [5.41, 5.74) is 4.43. The summed E-state index contributed by atoms with van der Waals surface area (Å²) in [6.45, 7) is 0. The van der Waals surface area contributed by atoms with E-state index in [-0.39, 0.29) is 10.7 Å². The first-order valence-electron chi connectivity index (χ1n) is 6.99. The number of anilines is 1. The van der Waals surface area contributed by atoms with Crippen molar-refractivity contribution in [1.29, 1.82) is 0 Å². The molecule has 1 N–H and O–H groups in total. The fourth-order valence-electron chi connectivity index (χ4n) is 3.09. The molecule has 1 amide bonds. The van der Waals surface area contributed by atoms with Crippen LogP contribution in [0.2, 0.25) is 5.02 Å². The molecule has 2 nitrogen and oxygen atoms in total. The van der Waals surface area contributed by atoms with Crippen molar-refractivity contribution in [2.24, 2.45) is 0 Å². The van der Waals surface area contributed by atoms with E-state index < -0.39 is 0 Å². The number of nitrogens with one attached hydrogen (secondary N) is 1. The van der Waals surface area contributed by atoms with E-state index in [1.807, 2.05) is 17.4 Å². The molecular weight excluding hydrogens is 370 g/mol. The number of hydrogen-bond acceptors (Lipinski definition) is 2. The van der Waals surface area contributed by atoms with Crippen LogP contribution in [0.3, 0.4) is 0 Å². The molecule has 1 aliphatic carbocycles. The summed E-state index contributed by atoms with van der Waals surface area (Å²) < 4.78 is 0. The molecule has 1 aromatic heterocycles. The standard InChI is InChI=1S/C16H13BrClNOS/c17-16(14-5-8-2-1-3-13(8)21-14)10-4-9-6-15(20)19-12(9)7-11(10)18/h4-5,7,16H,1-3,6H2,(H,19,20). The molecule has 0 fully saturated rings. The highest BCUT2D eigenvalue weighted by atomic mass is 79.9. The molecule has 2 aromatic rings. The molecule has 1 unspecified atom stereocenters. The van der Waals surface area contributed by atoms with E-state index in [1.54, 1.807) is 0 Å². The fourth-order valence-corrected chi connectivity index (χ4v) is 5.54. The number of carbonyl (C=O) groups is 1. The van der Waals surface area contributed by atoms with E-state index in [0.717, 1.165) is 16.8 Å². The van der Waals surface area contributed by atoms with Crippen LogP contribution in [-0.4, -0.2) is 5.91 Å². The number of benzene rings is 1. The zero-order valence-electron chi connectivity index (χ0n) is 11.2. The highest BCUT2D eigenvalue weighted by Gasteiger charge is 2.25. The second kappa shape index (κ2) is 5.11. The molecule has 0 saturated carbocycles. The lowest BCUT2D eigenvalue weighted by atomic mass is 10.0. The third kappa shape index (κ3) is 2.33. The molecule has 21 heavy (non-hydrogen) atoms. The number of fused-ring (bicyclic) bond motifs is 2. The van der Waals surface area contributed by atoms with Crippen molar-refractivity contribution >= 4 is 50.5 Å². The molecule has 1 aliphatic heterocycles. The molecule has 2 heterocycles. The zero-order valence-corrected chi connectivity index (χ0v) is 14.4. The highest BCUT2D eigenvalue weighted by molar-refractivity contribution is 9.09. The minimum absolute atomic E-state index is 0.0411. The van der Waals surface area contributed by atoms with Crippen LogP contribution in [0.25, 0.3) is 0 Å². The summed E-state index contributed by atoms with van der Waals surface area (Å²) in [7, 11) is 0. The van der Waals surface area contributed by atoms with Gasteiger partial charge in [-0.1, -0.05) is 33.6 Å². The minimum Gasteiger partial charge on any atom is -0.325 e. The maximum atomic E-state index is 11.5. The lowest BCUT2D eigenvalue weighted by Gasteiger charge is -2.12. The molecule has 1 atom stereocenters. The van der Waals surface area contributed by atoms with Crippen molar-refractivity contribution < 1.29 is 4.79 Å². The highest BCUT2D eigenvalue weighted by Crippen LogP contribution is 2.43. The molecule has 0 saturated heterocycles.